The van der Waals surface area contributed by atoms with Crippen molar-refractivity contribution in [2.24, 2.45) is 5.92 Å². The summed E-state index contributed by atoms with van der Waals surface area (Å²) in [6, 6.07) is 22.6. The van der Waals surface area contributed by atoms with Gasteiger partial charge in [-0.15, -0.1) is 0 Å². The van der Waals surface area contributed by atoms with Crippen LogP contribution in [0.2, 0.25) is 0 Å². The molecule has 2 saturated heterocycles. The monoisotopic (exact) mass is 495 g/mol. The maximum atomic E-state index is 13.5. The third kappa shape index (κ3) is 4.20. The standard InChI is InChI=1S/C32H33NO4/c1-20-14-15-28(30(16-20)36-2)31(34)21-17-22-8-7-9-23(18-21)33(22)32(35)37-19-29-26-12-5-3-10-24(26)25-11-4-6-13-27(25)29/h3-6,10-16,21-23,29H,7-9,17-19H2,1-2H3. The van der Waals surface area contributed by atoms with Gasteiger partial charge in [0, 0.05) is 23.9 Å². The van der Waals surface area contributed by atoms with Crippen LogP contribution in [-0.4, -0.2) is 42.6 Å². The smallest absolute Gasteiger partial charge is 0.410 e. The number of nitrogens with zero attached hydrogens (tertiary/aromatic N) is 1. The van der Waals surface area contributed by atoms with Crippen molar-refractivity contribution < 1.29 is 19.1 Å². The normalized spacial score (nSPS) is 22.2. The highest BCUT2D eigenvalue weighted by molar-refractivity contribution is 6.00. The van der Waals surface area contributed by atoms with Crippen LogP contribution in [-0.2, 0) is 4.74 Å². The number of carbonyl (C=O) groups excluding carboxylic acids is 2. The topological polar surface area (TPSA) is 55.8 Å². The SMILES string of the molecule is COc1cc(C)ccc1C(=O)C1CC2CCCC(C1)N2C(=O)OCC1c2ccccc2-c2ccccc21. The molecule has 5 heteroatoms. The van der Waals surface area contributed by atoms with Crippen molar-refractivity contribution >= 4 is 11.9 Å². The quantitative estimate of drug-likeness (QED) is 0.367. The van der Waals surface area contributed by atoms with Gasteiger partial charge in [0.2, 0.25) is 0 Å². The number of ketones is 1. The molecule has 0 saturated carbocycles. The molecular weight excluding hydrogens is 462 g/mol. The van der Waals surface area contributed by atoms with Gasteiger partial charge < -0.3 is 14.4 Å². The second-order valence-electron chi connectivity index (χ2n) is 10.7. The molecule has 0 aromatic heterocycles. The number of ether oxygens (including phenoxy) is 2. The van der Waals surface area contributed by atoms with Crippen LogP contribution >= 0.6 is 0 Å². The second-order valence-corrected chi connectivity index (χ2v) is 10.7. The van der Waals surface area contributed by atoms with Crippen molar-refractivity contribution in [2.45, 2.75) is 57.0 Å². The van der Waals surface area contributed by atoms with Crippen LogP contribution in [0.4, 0.5) is 4.79 Å². The molecule has 5 nitrogen and oxygen atoms in total. The third-order valence-corrected chi connectivity index (χ3v) is 8.51. The largest absolute Gasteiger partial charge is 0.496 e. The lowest BCUT2D eigenvalue weighted by Gasteiger charge is -2.47. The number of aryl methyl sites for hydroxylation is 1. The Bertz CT molecular complexity index is 1290. The highest BCUT2D eigenvalue weighted by atomic mass is 16.6. The fraction of sp³-hybridized carbons (Fsp3) is 0.375. The first kappa shape index (κ1) is 23.8. The molecule has 1 amide bonds. The van der Waals surface area contributed by atoms with E-state index in [1.807, 2.05) is 30.0 Å². The molecule has 2 bridgehead atoms. The lowest BCUT2D eigenvalue weighted by atomic mass is 9.75. The Labute approximate surface area is 218 Å². The molecule has 0 spiro atoms. The number of rotatable bonds is 5. The second kappa shape index (κ2) is 9.70. The minimum Gasteiger partial charge on any atom is -0.496 e. The Balaban J connectivity index is 1.17. The summed E-state index contributed by atoms with van der Waals surface area (Å²) in [6.45, 7) is 2.32. The fourth-order valence-corrected chi connectivity index (χ4v) is 6.78. The molecule has 2 unspecified atom stereocenters. The summed E-state index contributed by atoms with van der Waals surface area (Å²) in [5.74, 6) is 0.698. The van der Waals surface area contributed by atoms with E-state index in [9.17, 15) is 9.59 Å². The number of amides is 1. The highest BCUT2D eigenvalue weighted by Gasteiger charge is 2.44. The van der Waals surface area contributed by atoms with Crippen LogP contribution in [0.1, 0.15) is 65.1 Å². The van der Waals surface area contributed by atoms with E-state index in [0.29, 0.717) is 30.8 Å². The minimum atomic E-state index is -0.240. The van der Waals surface area contributed by atoms with E-state index in [0.717, 1.165) is 24.8 Å². The first-order valence-corrected chi connectivity index (χ1v) is 13.4. The van der Waals surface area contributed by atoms with Crippen molar-refractivity contribution in [3.8, 4) is 16.9 Å². The third-order valence-electron chi connectivity index (χ3n) is 8.51. The Kier molecular flexibility index (Phi) is 6.23. The minimum absolute atomic E-state index is 0.0357. The van der Waals surface area contributed by atoms with Crippen LogP contribution in [0.3, 0.4) is 0 Å². The molecule has 3 aromatic rings. The zero-order chi connectivity index (χ0) is 25.5. The van der Waals surface area contributed by atoms with E-state index in [2.05, 4.69) is 48.5 Å². The summed E-state index contributed by atoms with van der Waals surface area (Å²) in [6.07, 6.45) is 4.02. The lowest BCUT2D eigenvalue weighted by Crippen LogP contribution is -2.55. The summed E-state index contributed by atoms with van der Waals surface area (Å²) in [7, 11) is 1.61. The maximum Gasteiger partial charge on any atom is 0.410 e. The highest BCUT2D eigenvalue weighted by Crippen LogP contribution is 2.45. The van der Waals surface area contributed by atoms with Crippen molar-refractivity contribution in [1.82, 2.24) is 4.90 Å². The molecule has 3 aromatic carbocycles. The van der Waals surface area contributed by atoms with Crippen LogP contribution in [0.25, 0.3) is 11.1 Å². The van der Waals surface area contributed by atoms with Crippen molar-refractivity contribution in [1.29, 1.82) is 0 Å². The van der Waals surface area contributed by atoms with Gasteiger partial charge >= 0.3 is 6.09 Å². The first-order chi connectivity index (χ1) is 18.0. The predicted molar refractivity (Wildman–Crippen MR) is 143 cm³/mol. The van der Waals surface area contributed by atoms with E-state index < -0.39 is 0 Å². The summed E-state index contributed by atoms with van der Waals surface area (Å²) >= 11 is 0. The Morgan fingerprint density at radius 1 is 0.892 bits per heavy atom. The molecule has 6 rings (SSSR count). The van der Waals surface area contributed by atoms with E-state index in [1.54, 1.807) is 7.11 Å². The van der Waals surface area contributed by atoms with Crippen LogP contribution < -0.4 is 4.74 Å². The Morgan fingerprint density at radius 2 is 1.51 bits per heavy atom. The average molecular weight is 496 g/mol. The summed E-state index contributed by atoms with van der Waals surface area (Å²) in [5, 5.41) is 0. The molecule has 3 aliphatic rings. The van der Waals surface area contributed by atoms with Gasteiger partial charge in [0.05, 0.1) is 12.7 Å². The number of Topliss-reactive ketones (excluding diaryl/α,β-unsaturated/α-hetero) is 1. The van der Waals surface area contributed by atoms with E-state index in [-0.39, 0.29) is 35.8 Å². The van der Waals surface area contributed by atoms with Gasteiger partial charge in [-0.2, -0.15) is 0 Å². The fourth-order valence-electron chi connectivity index (χ4n) is 6.78. The zero-order valence-electron chi connectivity index (χ0n) is 21.5. The lowest BCUT2D eigenvalue weighted by molar-refractivity contribution is 0.00645. The maximum absolute atomic E-state index is 13.5. The van der Waals surface area contributed by atoms with Gasteiger partial charge in [0.1, 0.15) is 12.4 Å². The van der Waals surface area contributed by atoms with Crippen LogP contribution in [0, 0.1) is 12.8 Å². The van der Waals surface area contributed by atoms with Crippen LogP contribution in [0.15, 0.2) is 66.7 Å². The first-order valence-electron chi connectivity index (χ1n) is 13.4. The number of fused-ring (bicyclic) bond motifs is 5. The summed E-state index contributed by atoms with van der Waals surface area (Å²) < 4.78 is 11.5. The molecule has 190 valence electrons. The molecule has 2 aliphatic heterocycles. The number of benzene rings is 3. The van der Waals surface area contributed by atoms with Gasteiger partial charge in [0.15, 0.2) is 5.78 Å². The summed E-state index contributed by atoms with van der Waals surface area (Å²) in [4.78, 5) is 28.9. The number of methoxy groups -OCH3 is 1. The van der Waals surface area contributed by atoms with E-state index in [4.69, 9.17) is 9.47 Å². The van der Waals surface area contributed by atoms with Gasteiger partial charge in [0.25, 0.3) is 0 Å². The molecular formula is C32H33NO4. The molecule has 0 radical (unpaired) electrons. The van der Waals surface area contributed by atoms with E-state index in [1.165, 1.54) is 22.3 Å². The Hall–Kier alpha value is -3.60. The van der Waals surface area contributed by atoms with Crippen LogP contribution in [0.5, 0.6) is 5.75 Å². The Morgan fingerprint density at radius 3 is 2.14 bits per heavy atom. The number of carbonyl (C=O) groups is 2. The summed E-state index contributed by atoms with van der Waals surface area (Å²) in [5.41, 5.74) is 6.59. The van der Waals surface area contributed by atoms with Gasteiger partial charge in [-0.05, 0) is 79.0 Å². The number of hydrogen-bond donors (Lipinski definition) is 0. The van der Waals surface area contributed by atoms with Gasteiger partial charge in [-0.1, -0.05) is 54.6 Å². The number of piperidine rings is 2. The molecule has 37 heavy (non-hydrogen) atoms. The molecule has 1 aliphatic carbocycles. The van der Waals surface area contributed by atoms with Gasteiger partial charge in [-0.25, -0.2) is 4.79 Å². The van der Waals surface area contributed by atoms with Crippen molar-refractivity contribution in [3.05, 3.63) is 89.0 Å². The van der Waals surface area contributed by atoms with Crippen molar-refractivity contribution in [3.63, 3.8) is 0 Å². The number of hydrogen-bond acceptors (Lipinski definition) is 4. The molecule has 2 fully saturated rings. The average Bonchev–Trinajstić information content (AvgIpc) is 3.24. The van der Waals surface area contributed by atoms with E-state index >= 15 is 0 Å². The van der Waals surface area contributed by atoms with Crippen molar-refractivity contribution in [2.75, 3.05) is 13.7 Å². The zero-order valence-corrected chi connectivity index (χ0v) is 21.5. The predicted octanol–water partition coefficient (Wildman–Crippen LogP) is 6.77. The molecule has 2 atom stereocenters. The van der Waals surface area contributed by atoms with Gasteiger partial charge in [-0.3, -0.25) is 4.79 Å². The molecule has 0 N–H and O–H groups in total. The molecule has 2 heterocycles.